The van der Waals surface area contributed by atoms with E-state index < -0.39 is 15.8 Å². The molecule has 0 atom stereocenters. The van der Waals surface area contributed by atoms with Crippen LogP contribution in [0.25, 0.3) is 0 Å². The highest BCUT2D eigenvalue weighted by atomic mass is 32.2. The van der Waals surface area contributed by atoms with Crippen molar-refractivity contribution in [2.45, 2.75) is 18.6 Å². The highest BCUT2D eigenvalue weighted by Crippen LogP contribution is 2.17. The lowest BCUT2D eigenvalue weighted by Gasteiger charge is -2.25. The van der Waals surface area contributed by atoms with Crippen molar-refractivity contribution in [3.63, 3.8) is 0 Å². The van der Waals surface area contributed by atoms with Gasteiger partial charge in [0, 0.05) is 25.9 Å². The summed E-state index contributed by atoms with van der Waals surface area (Å²) in [5.41, 5.74) is 0.436. The Morgan fingerprint density at radius 3 is 2.21 bits per heavy atom. The van der Waals surface area contributed by atoms with Gasteiger partial charge >= 0.3 is 5.76 Å². The van der Waals surface area contributed by atoms with Gasteiger partial charge in [-0.1, -0.05) is 5.16 Å². The summed E-state index contributed by atoms with van der Waals surface area (Å²) in [5, 5.41) is 11.3. The Balaban J connectivity index is 2.67. The van der Waals surface area contributed by atoms with Crippen LogP contribution in [0.2, 0.25) is 0 Å². The van der Waals surface area contributed by atoms with Crippen LogP contribution in [0.1, 0.15) is 12.8 Å². The largest absolute Gasteiger partial charge is 0.411 e. The van der Waals surface area contributed by atoms with Crippen LogP contribution in [-0.4, -0.2) is 42.5 Å². The fraction of sp³-hybridized carbons (Fsp3) is 0.833. The highest BCUT2D eigenvalue weighted by Gasteiger charge is 2.33. The molecule has 0 bridgehead atoms. The number of piperidine rings is 1. The molecule has 1 fully saturated rings. The average molecular weight is 228 g/mol. The van der Waals surface area contributed by atoms with Crippen LogP contribution in [-0.2, 0) is 10.0 Å². The van der Waals surface area contributed by atoms with Crippen molar-refractivity contribution in [1.82, 2.24) is 4.31 Å². The number of alkyl halides is 2. The molecule has 0 radical (unpaired) electrons. The zero-order chi connectivity index (χ0) is 10.8. The van der Waals surface area contributed by atoms with Crippen LogP contribution in [0.3, 0.4) is 0 Å². The van der Waals surface area contributed by atoms with Gasteiger partial charge in [-0.05, 0) is 0 Å². The summed E-state index contributed by atoms with van der Waals surface area (Å²) in [6, 6.07) is 0. The van der Waals surface area contributed by atoms with E-state index in [0.29, 0.717) is 10.0 Å². The number of hydrogen-bond donors (Lipinski definition) is 1. The Kier molecular flexibility index (Phi) is 3.38. The summed E-state index contributed by atoms with van der Waals surface area (Å²) >= 11 is 0. The maximum atomic E-state index is 12.1. The number of sulfonamides is 1. The summed E-state index contributed by atoms with van der Waals surface area (Å²) in [5.74, 6) is -3.38. The topological polar surface area (TPSA) is 70.0 Å². The first kappa shape index (κ1) is 11.3. The van der Waals surface area contributed by atoms with Crippen LogP contribution >= 0.6 is 0 Å². The molecule has 8 heteroatoms. The second kappa shape index (κ2) is 4.18. The van der Waals surface area contributed by atoms with E-state index in [4.69, 9.17) is 5.21 Å². The van der Waals surface area contributed by atoms with Crippen molar-refractivity contribution < 1.29 is 22.4 Å². The Hall–Kier alpha value is -0.760. The molecule has 0 aromatic carbocycles. The van der Waals surface area contributed by atoms with Crippen molar-refractivity contribution in [2.24, 2.45) is 5.16 Å². The summed E-state index contributed by atoms with van der Waals surface area (Å²) in [7, 11) is -4.47. The minimum Gasteiger partial charge on any atom is -0.411 e. The van der Waals surface area contributed by atoms with Gasteiger partial charge in [-0.3, -0.25) is 0 Å². The van der Waals surface area contributed by atoms with E-state index in [1.165, 1.54) is 0 Å². The van der Waals surface area contributed by atoms with E-state index in [2.05, 4.69) is 5.16 Å². The van der Waals surface area contributed by atoms with Gasteiger partial charge in [0.2, 0.25) is 0 Å². The van der Waals surface area contributed by atoms with E-state index in [-0.39, 0.29) is 25.9 Å². The minimum atomic E-state index is -4.47. The third kappa shape index (κ3) is 2.18. The number of nitrogens with zero attached hydrogens (tertiary/aromatic N) is 2. The van der Waals surface area contributed by atoms with Crippen LogP contribution in [0.5, 0.6) is 0 Å². The Morgan fingerprint density at radius 2 is 1.86 bits per heavy atom. The van der Waals surface area contributed by atoms with Gasteiger partial charge in [-0.15, -0.1) is 0 Å². The quantitative estimate of drug-likeness (QED) is 0.551. The first-order chi connectivity index (χ1) is 6.48. The van der Waals surface area contributed by atoms with Crippen molar-refractivity contribution in [1.29, 1.82) is 0 Å². The van der Waals surface area contributed by atoms with Gasteiger partial charge in [0.05, 0.1) is 5.71 Å². The molecule has 0 saturated carbocycles. The molecule has 5 nitrogen and oxygen atoms in total. The van der Waals surface area contributed by atoms with Crippen LogP contribution in [0, 0.1) is 0 Å². The van der Waals surface area contributed by atoms with Gasteiger partial charge in [0.25, 0.3) is 10.0 Å². The summed E-state index contributed by atoms with van der Waals surface area (Å²) in [4.78, 5) is 0. The second-order valence-electron chi connectivity index (χ2n) is 2.87. The number of oxime groups is 1. The molecule has 0 aliphatic carbocycles. The van der Waals surface area contributed by atoms with Gasteiger partial charge in [-0.25, -0.2) is 8.42 Å². The molecular formula is C6H10F2N2O3S. The van der Waals surface area contributed by atoms with Gasteiger partial charge < -0.3 is 5.21 Å². The second-order valence-corrected chi connectivity index (χ2v) is 4.77. The summed E-state index contributed by atoms with van der Waals surface area (Å²) < 4.78 is 46.8. The lowest BCUT2D eigenvalue weighted by atomic mass is 10.1. The molecule has 1 aliphatic heterocycles. The first-order valence-corrected chi connectivity index (χ1v) is 5.45. The standard InChI is InChI=1S/C6H10F2N2O3S/c7-6(8)14(12,13)10-3-1-5(9-11)2-4-10/h6,11H,1-4H2. The monoisotopic (exact) mass is 228 g/mol. The smallest absolute Gasteiger partial charge is 0.350 e. The Labute approximate surface area is 80.1 Å². The third-order valence-corrected chi connectivity index (χ3v) is 3.56. The highest BCUT2D eigenvalue weighted by molar-refractivity contribution is 7.89. The maximum Gasteiger partial charge on any atom is 0.350 e. The Morgan fingerprint density at radius 1 is 1.36 bits per heavy atom. The van der Waals surface area contributed by atoms with Gasteiger partial charge in [-0.2, -0.15) is 13.1 Å². The molecule has 1 rings (SSSR count). The lowest BCUT2D eigenvalue weighted by Crippen LogP contribution is -2.41. The normalized spacial score (nSPS) is 20.1. The molecule has 82 valence electrons. The molecule has 1 aliphatic rings. The number of hydrogen-bond acceptors (Lipinski definition) is 4. The molecule has 0 amide bonds. The molecule has 1 heterocycles. The third-order valence-electron chi connectivity index (χ3n) is 2.03. The zero-order valence-corrected chi connectivity index (χ0v) is 8.04. The lowest BCUT2D eigenvalue weighted by molar-refractivity contribution is 0.218. The number of rotatable bonds is 2. The van der Waals surface area contributed by atoms with E-state index in [9.17, 15) is 17.2 Å². The Bertz CT molecular complexity index is 318. The van der Waals surface area contributed by atoms with Gasteiger partial charge in [0.1, 0.15) is 0 Å². The molecule has 0 spiro atoms. The summed E-state index contributed by atoms with van der Waals surface area (Å²) in [6.45, 7) is -0.0991. The minimum absolute atomic E-state index is 0.0495. The zero-order valence-electron chi connectivity index (χ0n) is 7.23. The molecule has 1 saturated heterocycles. The van der Waals surface area contributed by atoms with E-state index in [1.54, 1.807) is 0 Å². The van der Waals surface area contributed by atoms with Crippen LogP contribution < -0.4 is 0 Å². The fourth-order valence-electron chi connectivity index (χ4n) is 1.21. The maximum absolute atomic E-state index is 12.1. The van der Waals surface area contributed by atoms with E-state index in [1.807, 2.05) is 0 Å². The average Bonchev–Trinajstić information content (AvgIpc) is 2.17. The van der Waals surface area contributed by atoms with Crippen LogP contribution in [0.15, 0.2) is 5.16 Å². The van der Waals surface area contributed by atoms with Crippen molar-refractivity contribution in [3.8, 4) is 0 Å². The number of halogens is 2. The van der Waals surface area contributed by atoms with E-state index >= 15 is 0 Å². The molecule has 0 aromatic heterocycles. The summed E-state index contributed by atoms with van der Waals surface area (Å²) in [6.07, 6.45) is 0.394. The van der Waals surface area contributed by atoms with E-state index in [0.717, 1.165) is 0 Å². The molecule has 0 aromatic rings. The molecular weight excluding hydrogens is 218 g/mol. The van der Waals surface area contributed by atoms with Crippen molar-refractivity contribution in [3.05, 3.63) is 0 Å². The van der Waals surface area contributed by atoms with Crippen molar-refractivity contribution in [2.75, 3.05) is 13.1 Å². The molecule has 1 N–H and O–H groups in total. The van der Waals surface area contributed by atoms with Crippen LogP contribution in [0.4, 0.5) is 8.78 Å². The fourth-order valence-corrected chi connectivity index (χ4v) is 2.13. The van der Waals surface area contributed by atoms with Gasteiger partial charge in [0.15, 0.2) is 0 Å². The predicted octanol–water partition coefficient (Wildman–Crippen LogP) is 0.465. The molecule has 0 unspecified atom stereocenters. The SMILES string of the molecule is O=S(=O)(C(F)F)N1CCC(=NO)CC1. The molecule has 14 heavy (non-hydrogen) atoms. The first-order valence-electron chi connectivity index (χ1n) is 3.95. The predicted molar refractivity (Wildman–Crippen MR) is 45.0 cm³/mol. The van der Waals surface area contributed by atoms with Crippen molar-refractivity contribution >= 4 is 15.7 Å².